The zero-order chi connectivity index (χ0) is 21.1. The van der Waals surface area contributed by atoms with Gasteiger partial charge in [-0.2, -0.15) is 5.10 Å². The first-order valence-electron chi connectivity index (χ1n) is 10.3. The molecule has 1 atom stereocenters. The highest BCUT2D eigenvalue weighted by atomic mass is 16.5. The molecule has 0 bridgehead atoms. The minimum absolute atomic E-state index is 0.176. The van der Waals surface area contributed by atoms with Crippen LogP contribution in [0.15, 0.2) is 54.7 Å². The van der Waals surface area contributed by atoms with Gasteiger partial charge in [-0.25, -0.2) is 0 Å². The molecule has 0 spiro atoms. The second-order valence-corrected chi connectivity index (χ2v) is 8.14. The highest BCUT2D eigenvalue weighted by Crippen LogP contribution is 2.30. The maximum Gasteiger partial charge on any atom is 0.123 e. The summed E-state index contributed by atoms with van der Waals surface area (Å²) in [5.41, 5.74) is 3.18. The largest absolute Gasteiger partial charge is 0.492 e. The first-order valence-corrected chi connectivity index (χ1v) is 10.3. The lowest BCUT2D eigenvalue weighted by atomic mass is 9.94. The molecule has 1 aliphatic rings. The van der Waals surface area contributed by atoms with Crippen molar-refractivity contribution >= 4 is 0 Å². The molecule has 6 nitrogen and oxygen atoms in total. The number of benzene rings is 2. The van der Waals surface area contributed by atoms with Crippen molar-refractivity contribution in [3.63, 3.8) is 0 Å². The molecule has 0 amide bonds. The van der Waals surface area contributed by atoms with Crippen molar-refractivity contribution in [2.24, 2.45) is 7.05 Å². The summed E-state index contributed by atoms with van der Waals surface area (Å²) in [7, 11) is 1.96. The van der Waals surface area contributed by atoms with Crippen LogP contribution in [-0.2, 0) is 25.7 Å². The molecule has 0 fully saturated rings. The van der Waals surface area contributed by atoms with Crippen molar-refractivity contribution in [1.29, 1.82) is 0 Å². The van der Waals surface area contributed by atoms with Crippen LogP contribution in [0.3, 0.4) is 0 Å². The molecular weight excluding hydrogens is 378 g/mol. The van der Waals surface area contributed by atoms with E-state index in [1.54, 1.807) is 6.92 Å². The summed E-state index contributed by atoms with van der Waals surface area (Å²) in [6, 6.07) is 15.5. The van der Waals surface area contributed by atoms with Gasteiger partial charge >= 0.3 is 0 Å². The van der Waals surface area contributed by atoms with Gasteiger partial charge in [0.15, 0.2) is 0 Å². The SMILES string of the molecule is Cc1c(CN2CCOc3ccc([C@@](C)(O)COc4ccccc4)cc3C2)cnn1C. The average Bonchev–Trinajstić information content (AvgIpc) is 2.94. The van der Waals surface area contributed by atoms with E-state index in [1.165, 1.54) is 11.3 Å². The molecular formula is C24H29N3O3. The van der Waals surface area contributed by atoms with Crippen LogP contribution in [0.2, 0.25) is 0 Å². The predicted octanol–water partition coefficient (Wildman–Crippen LogP) is 3.41. The van der Waals surface area contributed by atoms with Gasteiger partial charge in [-0.05, 0) is 43.7 Å². The third-order valence-corrected chi connectivity index (χ3v) is 5.74. The summed E-state index contributed by atoms with van der Waals surface area (Å²) in [4.78, 5) is 2.36. The maximum absolute atomic E-state index is 11.1. The summed E-state index contributed by atoms with van der Waals surface area (Å²) in [5, 5.41) is 15.4. The highest BCUT2D eigenvalue weighted by Gasteiger charge is 2.27. The van der Waals surface area contributed by atoms with Crippen molar-refractivity contribution < 1.29 is 14.6 Å². The lowest BCUT2D eigenvalue weighted by Gasteiger charge is -2.25. The van der Waals surface area contributed by atoms with E-state index in [2.05, 4.69) is 16.9 Å². The van der Waals surface area contributed by atoms with Crippen molar-refractivity contribution in [2.75, 3.05) is 19.8 Å². The summed E-state index contributed by atoms with van der Waals surface area (Å²) in [5.74, 6) is 1.62. The number of para-hydroxylation sites is 1. The van der Waals surface area contributed by atoms with Crippen molar-refractivity contribution in [2.45, 2.75) is 32.5 Å². The third kappa shape index (κ3) is 4.50. The molecule has 1 aromatic heterocycles. The van der Waals surface area contributed by atoms with Crippen molar-refractivity contribution in [1.82, 2.24) is 14.7 Å². The fourth-order valence-corrected chi connectivity index (χ4v) is 3.68. The quantitative estimate of drug-likeness (QED) is 0.679. The topological polar surface area (TPSA) is 59.8 Å². The zero-order valence-electron chi connectivity index (χ0n) is 17.8. The summed E-state index contributed by atoms with van der Waals surface area (Å²) < 4.78 is 13.7. The van der Waals surface area contributed by atoms with Gasteiger partial charge in [-0.15, -0.1) is 0 Å². The predicted molar refractivity (Wildman–Crippen MR) is 116 cm³/mol. The summed E-state index contributed by atoms with van der Waals surface area (Å²) >= 11 is 0. The Balaban J connectivity index is 1.50. The zero-order valence-corrected chi connectivity index (χ0v) is 17.8. The smallest absolute Gasteiger partial charge is 0.123 e. The van der Waals surface area contributed by atoms with Gasteiger partial charge in [-0.1, -0.05) is 24.3 Å². The van der Waals surface area contributed by atoms with Gasteiger partial charge in [0.2, 0.25) is 0 Å². The van der Waals surface area contributed by atoms with Gasteiger partial charge in [0.1, 0.15) is 30.3 Å². The molecule has 0 saturated heterocycles. The number of aliphatic hydroxyl groups is 1. The Labute approximate surface area is 177 Å². The number of nitrogens with zero attached hydrogens (tertiary/aromatic N) is 3. The number of aromatic nitrogens is 2. The molecule has 0 unspecified atom stereocenters. The van der Waals surface area contributed by atoms with E-state index in [4.69, 9.17) is 9.47 Å². The summed E-state index contributed by atoms with van der Waals surface area (Å²) in [6.45, 7) is 7.10. The molecule has 30 heavy (non-hydrogen) atoms. The molecule has 158 valence electrons. The third-order valence-electron chi connectivity index (χ3n) is 5.74. The Hall–Kier alpha value is -2.83. The van der Waals surface area contributed by atoms with E-state index in [-0.39, 0.29) is 6.61 Å². The Morgan fingerprint density at radius 1 is 1.20 bits per heavy atom. The standard InChI is InChI=1S/C24H29N3O3/c1-18-20(14-25-26(18)3)16-27-11-12-29-23-10-9-21(13-19(23)15-27)24(2,28)17-30-22-7-5-4-6-8-22/h4-10,13-14,28H,11-12,15-17H2,1-3H3/t24-/m0/s1. The number of aryl methyl sites for hydroxylation is 1. The van der Waals surface area contributed by atoms with Crippen LogP contribution in [0.1, 0.15) is 29.3 Å². The Morgan fingerprint density at radius 3 is 2.73 bits per heavy atom. The van der Waals surface area contributed by atoms with E-state index in [9.17, 15) is 5.11 Å². The van der Waals surface area contributed by atoms with Gasteiger partial charge in [0, 0.05) is 43.5 Å². The van der Waals surface area contributed by atoms with E-state index in [0.717, 1.165) is 42.3 Å². The first-order chi connectivity index (χ1) is 14.4. The van der Waals surface area contributed by atoms with Crippen LogP contribution in [0, 0.1) is 6.92 Å². The molecule has 1 aliphatic heterocycles. The van der Waals surface area contributed by atoms with E-state index in [0.29, 0.717) is 6.61 Å². The van der Waals surface area contributed by atoms with Gasteiger partial charge < -0.3 is 14.6 Å². The molecule has 2 aromatic carbocycles. The highest BCUT2D eigenvalue weighted by molar-refractivity contribution is 5.40. The van der Waals surface area contributed by atoms with Crippen molar-refractivity contribution in [3.8, 4) is 11.5 Å². The molecule has 0 aliphatic carbocycles. The molecule has 6 heteroatoms. The summed E-state index contributed by atoms with van der Waals surface area (Å²) in [6.07, 6.45) is 1.93. The molecule has 3 aromatic rings. The lowest BCUT2D eigenvalue weighted by molar-refractivity contribution is 0.00748. The Morgan fingerprint density at radius 2 is 2.00 bits per heavy atom. The van der Waals surface area contributed by atoms with E-state index >= 15 is 0 Å². The number of hydrogen-bond acceptors (Lipinski definition) is 5. The van der Waals surface area contributed by atoms with Crippen LogP contribution in [0.25, 0.3) is 0 Å². The second-order valence-electron chi connectivity index (χ2n) is 8.14. The number of ether oxygens (including phenoxy) is 2. The lowest BCUT2D eigenvalue weighted by Crippen LogP contribution is -2.30. The maximum atomic E-state index is 11.1. The van der Waals surface area contributed by atoms with Crippen molar-refractivity contribution in [3.05, 3.63) is 77.1 Å². The molecule has 2 heterocycles. The van der Waals surface area contributed by atoms with Crippen LogP contribution in [0.5, 0.6) is 11.5 Å². The molecule has 4 rings (SSSR count). The fourth-order valence-electron chi connectivity index (χ4n) is 3.68. The second kappa shape index (κ2) is 8.50. The van der Waals surface area contributed by atoms with Crippen LogP contribution in [-0.4, -0.2) is 39.5 Å². The van der Waals surface area contributed by atoms with Crippen LogP contribution in [0.4, 0.5) is 0 Å². The Bertz CT molecular complexity index is 998. The van der Waals surface area contributed by atoms with Gasteiger partial charge in [0.05, 0.1) is 6.20 Å². The van der Waals surface area contributed by atoms with E-state index in [1.807, 2.05) is 66.5 Å². The normalized spacial score (nSPS) is 16.3. The van der Waals surface area contributed by atoms with Crippen LogP contribution < -0.4 is 9.47 Å². The fraction of sp³-hybridized carbons (Fsp3) is 0.375. The first kappa shape index (κ1) is 20.4. The monoisotopic (exact) mass is 407 g/mol. The minimum atomic E-state index is -1.11. The molecule has 0 saturated carbocycles. The van der Waals surface area contributed by atoms with Crippen LogP contribution >= 0.6 is 0 Å². The number of fused-ring (bicyclic) bond motifs is 1. The number of rotatable bonds is 6. The Kier molecular flexibility index (Phi) is 5.79. The average molecular weight is 408 g/mol. The minimum Gasteiger partial charge on any atom is -0.492 e. The van der Waals surface area contributed by atoms with Gasteiger partial charge in [0.25, 0.3) is 0 Å². The molecule has 0 radical (unpaired) electrons. The van der Waals surface area contributed by atoms with Gasteiger partial charge in [-0.3, -0.25) is 9.58 Å². The van der Waals surface area contributed by atoms with E-state index < -0.39 is 5.60 Å². The molecule has 1 N–H and O–H groups in total. The number of hydrogen-bond donors (Lipinski definition) is 1.